The highest BCUT2D eigenvalue weighted by Gasteiger charge is 2.31. The summed E-state index contributed by atoms with van der Waals surface area (Å²) in [6, 6.07) is 1.18. The van der Waals surface area contributed by atoms with Crippen LogP contribution in [0.4, 0.5) is 0 Å². The van der Waals surface area contributed by atoms with E-state index >= 15 is 0 Å². The molecule has 2 heterocycles. The van der Waals surface area contributed by atoms with E-state index in [1.54, 1.807) is 13.0 Å². The van der Waals surface area contributed by atoms with Crippen LogP contribution >= 0.6 is 0 Å². The maximum absolute atomic E-state index is 11.7. The standard InChI is InChI=1S/C14H19NO6/c1-9-11(13(16)18-2)6-10(21-9)7-15-4-5-20-8-12(15)14(17)19-3/h6,12H,4-5,7-8H2,1-3H3. The lowest BCUT2D eigenvalue weighted by Crippen LogP contribution is -2.49. The summed E-state index contributed by atoms with van der Waals surface area (Å²) in [7, 11) is 2.67. The van der Waals surface area contributed by atoms with Crippen LogP contribution in [0.15, 0.2) is 10.5 Å². The molecule has 116 valence electrons. The Morgan fingerprint density at radius 1 is 1.38 bits per heavy atom. The van der Waals surface area contributed by atoms with Gasteiger partial charge in [0.15, 0.2) is 0 Å². The van der Waals surface area contributed by atoms with Gasteiger partial charge in [0.1, 0.15) is 23.1 Å². The van der Waals surface area contributed by atoms with Gasteiger partial charge in [-0.25, -0.2) is 4.79 Å². The van der Waals surface area contributed by atoms with Crippen molar-refractivity contribution in [3.8, 4) is 0 Å². The molecular formula is C14H19NO6. The molecule has 0 amide bonds. The van der Waals surface area contributed by atoms with Crippen LogP contribution in [0.25, 0.3) is 0 Å². The fourth-order valence-electron chi connectivity index (χ4n) is 2.31. The first-order valence-electron chi connectivity index (χ1n) is 6.64. The van der Waals surface area contributed by atoms with Gasteiger partial charge in [-0.15, -0.1) is 0 Å². The van der Waals surface area contributed by atoms with E-state index in [0.29, 0.717) is 36.8 Å². The van der Waals surface area contributed by atoms with Gasteiger partial charge in [-0.1, -0.05) is 0 Å². The van der Waals surface area contributed by atoms with Crippen molar-refractivity contribution in [2.75, 3.05) is 34.0 Å². The zero-order valence-corrected chi connectivity index (χ0v) is 12.4. The molecule has 0 aromatic carbocycles. The third kappa shape index (κ3) is 3.43. The first kappa shape index (κ1) is 15.5. The van der Waals surface area contributed by atoms with Crippen LogP contribution in [-0.2, 0) is 25.5 Å². The average molecular weight is 297 g/mol. The Labute approximate surface area is 122 Å². The number of furan rings is 1. The van der Waals surface area contributed by atoms with E-state index in [-0.39, 0.29) is 12.6 Å². The molecule has 0 N–H and O–H groups in total. The van der Waals surface area contributed by atoms with Crippen LogP contribution in [0.2, 0.25) is 0 Å². The normalized spacial score (nSPS) is 19.3. The van der Waals surface area contributed by atoms with Crippen molar-refractivity contribution in [3.63, 3.8) is 0 Å². The molecule has 1 unspecified atom stereocenters. The van der Waals surface area contributed by atoms with E-state index < -0.39 is 12.0 Å². The number of carbonyl (C=O) groups is 2. The summed E-state index contributed by atoms with van der Waals surface area (Å²) in [5.41, 5.74) is 0.398. The molecule has 0 saturated carbocycles. The number of ether oxygens (including phenoxy) is 3. The van der Waals surface area contributed by atoms with Crippen LogP contribution in [-0.4, -0.2) is 56.9 Å². The zero-order chi connectivity index (χ0) is 15.4. The van der Waals surface area contributed by atoms with Crippen LogP contribution in [0.3, 0.4) is 0 Å². The second-order valence-corrected chi connectivity index (χ2v) is 4.76. The molecule has 0 radical (unpaired) electrons. The molecule has 7 heteroatoms. The van der Waals surface area contributed by atoms with E-state index in [0.717, 1.165) is 0 Å². The van der Waals surface area contributed by atoms with Crippen molar-refractivity contribution >= 4 is 11.9 Å². The largest absolute Gasteiger partial charge is 0.468 e. The number of hydrogen-bond donors (Lipinski definition) is 0. The highest BCUT2D eigenvalue weighted by atomic mass is 16.5. The lowest BCUT2D eigenvalue weighted by Gasteiger charge is -2.32. The quantitative estimate of drug-likeness (QED) is 0.759. The SMILES string of the molecule is COC(=O)c1cc(CN2CCOCC2C(=O)OC)oc1C. The molecule has 0 spiro atoms. The Hall–Kier alpha value is -1.86. The Kier molecular flexibility index (Phi) is 4.98. The number of methoxy groups -OCH3 is 2. The molecule has 0 bridgehead atoms. The molecule has 1 fully saturated rings. The third-order valence-corrected chi connectivity index (χ3v) is 3.45. The van der Waals surface area contributed by atoms with Crippen molar-refractivity contribution in [1.82, 2.24) is 4.90 Å². The van der Waals surface area contributed by atoms with Gasteiger partial charge in [-0.05, 0) is 13.0 Å². The molecule has 2 rings (SSSR count). The molecule has 1 aromatic rings. The minimum Gasteiger partial charge on any atom is -0.468 e. The van der Waals surface area contributed by atoms with Crippen LogP contribution in [0.1, 0.15) is 21.9 Å². The van der Waals surface area contributed by atoms with Gasteiger partial charge >= 0.3 is 11.9 Å². The Bertz CT molecular complexity index is 524. The first-order valence-corrected chi connectivity index (χ1v) is 6.64. The predicted molar refractivity (Wildman–Crippen MR) is 71.8 cm³/mol. The summed E-state index contributed by atoms with van der Waals surface area (Å²) >= 11 is 0. The number of esters is 2. The topological polar surface area (TPSA) is 78.2 Å². The molecule has 1 saturated heterocycles. The van der Waals surface area contributed by atoms with Crippen molar-refractivity contribution in [3.05, 3.63) is 23.2 Å². The maximum Gasteiger partial charge on any atom is 0.341 e. The number of rotatable bonds is 4. The van der Waals surface area contributed by atoms with Crippen molar-refractivity contribution in [2.45, 2.75) is 19.5 Å². The number of aryl methyl sites for hydroxylation is 1. The third-order valence-electron chi connectivity index (χ3n) is 3.45. The van der Waals surface area contributed by atoms with Crippen LogP contribution in [0.5, 0.6) is 0 Å². The smallest absolute Gasteiger partial charge is 0.341 e. The van der Waals surface area contributed by atoms with Gasteiger partial charge in [0.05, 0.1) is 34.0 Å². The summed E-state index contributed by atoms with van der Waals surface area (Å²) in [6.45, 7) is 3.52. The number of hydrogen-bond acceptors (Lipinski definition) is 7. The van der Waals surface area contributed by atoms with Gasteiger partial charge in [0, 0.05) is 6.54 Å². The summed E-state index contributed by atoms with van der Waals surface area (Å²) in [5.74, 6) is 0.323. The Balaban J connectivity index is 2.12. The van der Waals surface area contributed by atoms with E-state index in [4.69, 9.17) is 18.6 Å². The van der Waals surface area contributed by atoms with Crippen LogP contribution < -0.4 is 0 Å². The highest BCUT2D eigenvalue weighted by molar-refractivity contribution is 5.90. The lowest BCUT2D eigenvalue weighted by atomic mass is 10.2. The zero-order valence-electron chi connectivity index (χ0n) is 12.4. The van der Waals surface area contributed by atoms with Gasteiger partial charge in [-0.2, -0.15) is 0 Å². The van der Waals surface area contributed by atoms with Crippen molar-refractivity contribution < 1.29 is 28.2 Å². The molecule has 1 atom stereocenters. The number of nitrogens with zero attached hydrogens (tertiary/aromatic N) is 1. The van der Waals surface area contributed by atoms with Gasteiger partial charge in [0.2, 0.25) is 0 Å². The van der Waals surface area contributed by atoms with E-state index in [9.17, 15) is 9.59 Å². The molecule has 21 heavy (non-hydrogen) atoms. The average Bonchev–Trinajstić information content (AvgIpc) is 2.86. The van der Waals surface area contributed by atoms with E-state index in [2.05, 4.69) is 0 Å². The number of morpholine rings is 1. The fourth-order valence-corrected chi connectivity index (χ4v) is 2.31. The minimum atomic E-state index is -0.462. The predicted octanol–water partition coefficient (Wildman–Crippen LogP) is 0.748. The van der Waals surface area contributed by atoms with Crippen molar-refractivity contribution in [1.29, 1.82) is 0 Å². The molecule has 0 aliphatic carbocycles. The summed E-state index contributed by atoms with van der Waals surface area (Å²) in [4.78, 5) is 25.2. The van der Waals surface area contributed by atoms with Gasteiger partial charge in [0.25, 0.3) is 0 Å². The van der Waals surface area contributed by atoms with Gasteiger partial charge < -0.3 is 18.6 Å². The maximum atomic E-state index is 11.7. The molecule has 1 aliphatic heterocycles. The second-order valence-electron chi connectivity index (χ2n) is 4.76. The Morgan fingerprint density at radius 2 is 2.14 bits per heavy atom. The lowest BCUT2D eigenvalue weighted by molar-refractivity contribution is -0.153. The molecule has 1 aromatic heterocycles. The Morgan fingerprint density at radius 3 is 2.81 bits per heavy atom. The minimum absolute atomic E-state index is 0.288. The van der Waals surface area contributed by atoms with Crippen LogP contribution in [0, 0.1) is 6.92 Å². The van der Waals surface area contributed by atoms with E-state index in [1.165, 1.54) is 14.2 Å². The summed E-state index contributed by atoms with van der Waals surface area (Å²) in [6.07, 6.45) is 0. The second kappa shape index (κ2) is 6.73. The van der Waals surface area contributed by atoms with Crippen molar-refractivity contribution in [2.24, 2.45) is 0 Å². The highest BCUT2D eigenvalue weighted by Crippen LogP contribution is 2.19. The van der Waals surface area contributed by atoms with E-state index in [1.807, 2.05) is 4.90 Å². The number of carbonyl (C=O) groups excluding carboxylic acids is 2. The molecular weight excluding hydrogens is 278 g/mol. The monoisotopic (exact) mass is 297 g/mol. The molecule has 1 aliphatic rings. The summed E-state index contributed by atoms with van der Waals surface area (Å²) in [5, 5.41) is 0. The first-order chi connectivity index (χ1) is 10.1. The fraction of sp³-hybridized carbons (Fsp3) is 0.571. The summed E-state index contributed by atoms with van der Waals surface area (Å²) < 4.78 is 20.3. The molecule has 7 nitrogen and oxygen atoms in total. The van der Waals surface area contributed by atoms with Gasteiger partial charge in [-0.3, -0.25) is 9.69 Å².